The van der Waals surface area contributed by atoms with E-state index in [0.717, 1.165) is 61.2 Å². The third-order valence-electron chi connectivity index (χ3n) is 13.5. The van der Waals surface area contributed by atoms with E-state index in [2.05, 4.69) is 193 Å². The van der Waals surface area contributed by atoms with Crippen LogP contribution in [0.5, 0.6) is 0 Å². The number of pyridine rings is 1. The van der Waals surface area contributed by atoms with E-state index in [9.17, 15) is 5.26 Å². The van der Waals surface area contributed by atoms with Gasteiger partial charge in [0.25, 0.3) is 0 Å². The Morgan fingerprint density at radius 2 is 1.40 bits per heavy atom. The van der Waals surface area contributed by atoms with Crippen molar-refractivity contribution in [1.29, 1.82) is 5.26 Å². The third kappa shape index (κ3) is 8.08. The van der Waals surface area contributed by atoms with E-state index in [-0.39, 0.29) is 42.8 Å². The fourth-order valence-corrected chi connectivity index (χ4v) is 9.95. The maximum atomic E-state index is 9.49. The van der Waals surface area contributed by atoms with Crippen LogP contribution in [0.15, 0.2) is 156 Å². The fourth-order valence-electron chi connectivity index (χ4n) is 9.95. The van der Waals surface area contributed by atoms with E-state index in [0.29, 0.717) is 5.56 Å². The number of hydrogen-bond donors (Lipinski definition) is 0. The van der Waals surface area contributed by atoms with E-state index in [1.165, 1.54) is 50.2 Å². The van der Waals surface area contributed by atoms with Gasteiger partial charge in [-0.15, -0.1) is 65.2 Å². The molecule has 6 heteroatoms. The van der Waals surface area contributed by atoms with E-state index in [1.807, 2.05) is 48.7 Å². The standard InChI is InChI=1S/C47H38N3O.C15H16N.Ir/c1-27(2)35-22-31(30-13-8-7-9-14-30)23-36(28(3)4)45(35)50-41-18-11-10-17-40(41)49-46(50)34-16-12-15-33-37-25-43-38(24-39(37)47(5,6)44(33)34)32-20-19-29(26-48)21-42(32)51-43;1-15(2,3)13-9-10-16-14(11-13)12-7-5-4-6-8-12;/h7-15,17-25,27-28H,1-6H3;4-7,9-11H,1-3H3;/q2*-1;. The number of rotatable bonds is 6. The van der Waals surface area contributed by atoms with Crippen LogP contribution in [0.25, 0.3) is 83.6 Å². The molecule has 0 saturated heterocycles. The van der Waals surface area contributed by atoms with Gasteiger partial charge in [-0.2, -0.15) is 5.26 Å². The molecule has 0 saturated carbocycles. The summed E-state index contributed by atoms with van der Waals surface area (Å²) in [6.07, 6.45) is 1.87. The smallest absolute Gasteiger partial charge is 0.136 e. The predicted molar refractivity (Wildman–Crippen MR) is 276 cm³/mol. The molecule has 339 valence electrons. The SMILES string of the molecule is CC(C)(C)c1ccnc(-c2[c-]cccc2)c1.CC(C)c1cc(-c2ccccc2)cc(C(C)C)c1-n1c(-c2[c-]ccc3c2C(C)(C)c2cc4c(cc2-3)oc2cc(C#N)ccc24)nc2ccccc21.[Ir]. The molecule has 5 nitrogen and oxygen atoms in total. The Kier molecular flexibility index (Phi) is 12.2. The number of imidazole rings is 1. The predicted octanol–water partition coefficient (Wildman–Crippen LogP) is 16.3. The number of nitriles is 1. The molecule has 3 heterocycles. The van der Waals surface area contributed by atoms with Crippen molar-refractivity contribution < 1.29 is 24.5 Å². The Balaban J connectivity index is 0.000000289. The average Bonchev–Trinajstić information content (AvgIpc) is 3.97. The molecule has 0 unspecified atom stereocenters. The maximum absolute atomic E-state index is 9.49. The van der Waals surface area contributed by atoms with Gasteiger partial charge in [0.05, 0.1) is 28.5 Å². The topological polar surface area (TPSA) is 67.6 Å². The number of fused-ring (bicyclic) bond motifs is 7. The normalized spacial score (nSPS) is 12.7. The maximum Gasteiger partial charge on any atom is 0.136 e. The van der Waals surface area contributed by atoms with Crippen molar-refractivity contribution in [3.8, 4) is 56.7 Å². The van der Waals surface area contributed by atoms with E-state index in [1.54, 1.807) is 0 Å². The zero-order valence-electron chi connectivity index (χ0n) is 40.1. The monoisotopic (exact) mass is 1060 g/mol. The van der Waals surface area contributed by atoms with E-state index >= 15 is 0 Å². The molecule has 7 aromatic carbocycles. The summed E-state index contributed by atoms with van der Waals surface area (Å²) >= 11 is 0. The molecule has 0 atom stereocenters. The van der Waals surface area contributed by atoms with Crippen LogP contribution in [0.3, 0.4) is 0 Å². The first-order valence-corrected chi connectivity index (χ1v) is 23.3. The molecule has 0 bridgehead atoms. The Morgan fingerprint density at radius 1 is 0.691 bits per heavy atom. The quantitative estimate of drug-likeness (QED) is 0.156. The zero-order chi connectivity index (χ0) is 46.8. The minimum Gasteiger partial charge on any atom is -0.456 e. The first-order valence-electron chi connectivity index (χ1n) is 23.3. The summed E-state index contributed by atoms with van der Waals surface area (Å²) in [5, 5.41) is 11.6. The van der Waals surface area contributed by atoms with Gasteiger partial charge in [0.15, 0.2) is 0 Å². The van der Waals surface area contributed by atoms with Gasteiger partial charge >= 0.3 is 0 Å². The molecule has 0 N–H and O–H groups in total. The molecule has 0 amide bonds. The second-order valence-electron chi connectivity index (χ2n) is 20.0. The molecule has 68 heavy (non-hydrogen) atoms. The molecule has 0 fully saturated rings. The summed E-state index contributed by atoms with van der Waals surface area (Å²) in [6, 6.07) is 59.7. The van der Waals surface area contributed by atoms with Crippen LogP contribution >= 0.6 is 0 Å². The molecule has 0 spiro atoms. The Labute approximate surface area is 413 Å². The van der Waals surface area contributed by atoms with Crippen LogP contribution in [0.4, 0.5) is 0 Å². The van der Waals surface area contributed by atoms with Crippen molar-refractivity contribution in [3.63, 3.8) is 0 Å². The third-order valence-corrected chi connectivity index (χ3v) is 13.5. The second-order valence-corrected chi connectivity index (χ2v) is 20.0. The van der Waals surface area contributed by atoms with Crippen molar-refractivity contribution in [2.45, 2.75) is 85.0 Å². The zero-order valence-corrected chi connectivity index (χ0v) is 42.5. The minimum atomic E-state index is -0.343. The number of benzene rings is 7. The minimum absolute atomic E-state index is 0. The molecule has 1 aliphatic rings. The van der Waals surface area contributed by atoms with Crippen molar-refractivity contribution in [2.75, 3.05) is 0 Å². The fraction of sp³-hybridized carbons (Fsp3) is 0.210. The van der Waals surface area contributed by atoms with Crippen molar-refractivity contribution in [3.05, 3.63) is 197 Å². The van der Waals surface area contributed by atoms with Crippen LogP contribution in [0.2, 0.25) is 0 Å². The van der Waals surface area contributed by atoms with E-state index in [4.69, 9.17) is 9.40 Å². The van der Waals surface area contributed by atoms with Gasteiger partial charge in [-0.25, -0.2) is 0 Å². The van der Waals surface area contributed by atoms with Crippen LogP contribution in [-0.4, -0.2) is 14.5 Å². The van der Waals surface area contributed by atoms with Gasteiger partial charge in [0.2, 0.25) is 0 Å². The van der Waals surface area contributed by atoms with Gasteiger partial charge in [-0.05, 0) is 128 Å². The molecule has 3 aromatic heterocycles. The Bertz CT molecular complexity index is 3520. The van der Waals surface area contributed by atoms with Crippen LogP contribution in [-0.2, 0) is 30.9 Å². The largest absolute Gasteiger partial charge is 0.456 e. The summed E-state index contributed by atoms with van der Waals surface area (Å²) in [5.41, 5.74) is 19.5. The summed E-state index contributed by atoms with van der Waals surface area (Å²) < 4.78 is 8.80. The molecule has 0 aliphatic heterocycles. The van der Waals surface area contributed by atoms with Crippen LogP contribution < -0.4 is 0 Å². The van der Waals surface area contributed by atoms with Gasteiger partial charge in [-0.3, -0.25) is 4.98 Å². The van der Waals surface area contributed by atoms with Crippen LogP contribution in [0.1, 0.15) is 108 Å². The molecular weight excluding hydrogens is 1010 g/mol. The Hall–Kier alpha value is -6.90. The number of hydrogen-bond acceptors (Lipinski definition) is 4. The number of aromatic nitrogens is 3. The molecule has 11 rings (SSSR count). The molecular formula is C62H54IrN4O-2. The van der Waals surface area contributed by atoms with Crippen molar-refractivity contribution >= 4 is 33.0 Å². The number of nitrogens with zero attached hydrogens (tertiary/aromatic N) is 4. The van der Waals surface area contributed by atoms with Gasteiger partial charge in [0, 0.05) is 42.8 Å². The summed E-state index contributed by atoms with van der Waals surface area (Å²) in [5.74, 6) is 1.45. The first-order chi connectivity index (χ1) is 32.2. The van der Waals surface area contributed by atoms with Gasteiger partial charge in [0.1, 0.15) is 11.2 Å². The van der Waals surface area contributed by atoms with Gasteiger partial charge < -0.3 is 14.0 Å². The molecule has 1 radical (unpaired) electrons. The first kappa shape index (κ1) is 46.2. The van der Waals surface area contributed by atoms with Crippen molar-refractivity contribution in [2.24, 2.45) is 0 Å². The van der Waals surface area contributed by atoms with Crippen LogP contribution in [0, 0.1) is 23.5 Å². The summed E-state index contributed by atoms with van der Waals surface area (Å²) in [6.45, 7) is 20.4. The number of para-hydroxylation sites is 2. The Morgan fingerprint density at radius 3 is 2.09 bits per heavy atom. The van der Waals surface area contributed by atoms with Crippen molar-refractivity contribution in [1.82, 2.24) is 14.5 Å². The number of furan rings is 1. The summed E-state index contributed by atoms with van der Waals surface area (Å²) in [7, 11) is 0. The second kappa shape index (κ2) is 18.0. The molecule has 1 aliphatic carbocycles. The van der Waals surface area contributed by atoms with E-state index < -0.39 is 0 Å². The summed E-state index contributed by atoms with van der Waals surface area (Å²) in [4.78, 5) is 9.83. The molecule has 10 aromatic rings. The van der Waals surface area contributed by atoms with Gasteiger partial charge in [-0.1, -0.05) is 116 Å². The average molecular weight is 1060 g/mol.